The molecule has 3 aromatic carbocycles. The number of ether oxygens (including phenoxy) is 1. The van der Waals surface area contributed by atoms with Crippen LogP contribution in [-0.4, -0.2) is 59.5 Å². The predicted octanol–water partition coefficient (Wildman–Crippen LogP) is 6.02. The maximum atomic E-state index is 13.8. The number of rotatable bonds is 5. The molecule has 0 aliphatic carbocycles. The van der Waals surface area contributed by atoms with Crippen LogP contribution in [0.25, 0.3) is 16.9 Å². The summed E-state index contributed by atoms with van der Waals surface area (Å²) >= 11 is 5.96. The van der Waals surface area contributed by atoms with Gasteiger partial charge < -0.3 is 19.1 Å². The fourth-order valence-corrected chi connectivity index (χ4v) is 5.01. The van der Waals surface area contributed by atoms with Crippen molar-refractivity contribution in [1.29, 1.82) is 0 Å². The second-order valence-electron chi connectivity index (χ2n) is 9.52. The molecule has 0 radical (unpaired) electrons. The minimum absolute atomic E-state index is 0.0262. The molecule has 2 amide bonds. The second-order valence-corrected chi connectivity index (χ2v) is 9.96. The summed E-state index contributed by atoms with van der Waals surface area (Å²) in [6.45, 7) is 5.96. The monoisotopic (exact) mass is 527 g/mol. The van der Waals surface area contributed by atoms with Crippen LogP contribution < -0.4 is 4.74 Å². The number of carbonyl (C=O) groups is 2. The lowest BCUT2D eigenvalue weighted by Gasteiger charge is -2.35. The quantitative estimate of drug-likeness (QED) is 0.319. The molecule has 5 rings (SSSR count). The molecule has 38 heavy (non-hydrogen) atoms. The Morgan fingerprint density at radius 2 is 1.34 bits per heavy atom. The number of aryl methyl sites for hydroxylation is 1. The van der Waals surface area contributed by atoms with Gasteiger partial charge in [-0.25, -0.2) is 0 Å². The molecule has 4 aromatic rings. The molecule has 0 bridgehead atoms. The fourth-order valence-electron chi connectivity index (χ4n) is 4.88. The van der Waals surface area contributed by atoms with Gasteiger partial charge in [-0.15, -0.1) is 0 Å². The zero-order chi connectivity index (χ0) is 26.8. The van der Waals surface area contributed by atoms with Gasteiger partial charge in [0.2, 0.25) is 0 Å². The molecule has 194 valence electrons. The number of piperazine rings is 1. The lowest BCUT2D eigenvalue weighted by molar-refractivity contribution is 0.0535. The third-order valence-corrected chi connectivity index (χ3v) is 7.35. The van der Waals surface area contributed by atoms with Crippen LogP contribution in [0.2, 0.25) is 5.02 Å². The van der Waals surface area contributed by atoms with Crippen molar-refractivity contribution in [3.8, 4) is 22.7 Å². The lowest BCUT2D eigenvalue weighted by Crippen LogP contribution is -2.50. The molecule has 0 N–H and O–H groups in total. The molecule has 0 unspecified atom stereocenters. The van der Waals surface area contributed by atoms with E-state index >= 15 is 0 Å². The number of aromatic nitrogens is 1. The van der Waals surface area contributed by atoms with E-state index in [0.29, 0.717) is 42.3 Å². The van der Waals surface area contributed by atoms with Gasteiger partial charge in [-0.2, -0.15) is 0 Å². The molecule has 1 fully saturated rings. The zero-order valence-electron chi connectivity index (χ0n) is 21.8. The Bertz CT molecular complexity index is 1450. The van der Waals surface area contributed by atoms with E-state index in [1.54, 1.807) is 36.3 Å². The summed E-state index contributed by atoms with van der Waals surface area (Å²) in [7, 11) is 1.65. The smallest absolute Gasteiger partial charge is 0.255 e. The Morgan fingerprint density at radius 3 is 1.92 bits per heavy atom. The minimum atomic E-state index is -0.0442. The normalized spacial score (nSPS) is 13.5. The third-order valence-electron chi connectivity index (χ3n) is 7.10. The van der Waals surface area contributed by atoms with Gasteiger partial charge in [0.25, 0.3) is 11.8 Å². The lowest BCUT2D eigenvalue weighted by atomic mass is 10.1. The summed E-state index contributed by atoms with van der Waals surface area (Å²) in [5.41, 5.74) is 6.24. The van der Waals surface area contributed by atoms with Crippen LogP contribution in [0.5, 0.6) is 5.75 Å². The first-order valence-corrected chi connectivity index (χ1v) is 13.0. The summed E-state index contributed by atoms with van der Waals surface area (Å²) < 4.78 is 7.47. The minimum Gasteiger partial charge on any atom is -0.497 e. The SMILES string of the molecule is COc1ccc(-c2cc(C(=O)N3CCN(C(=O)c4ccc(Cl)cc4)CC3)c(C)n2-c2ccc(C)cc2)cc1. The molecule has 1 aromatic heterocycles. The highest BCUT2D eigenvalue weighted by Crippen LogP contribution is 2.31. The Hall–Kier alpha value is -4.03. The van der Waals surface area contributed by atoms with Gasteiger partial charge >= 0.3 is 0 Å². The van der Waals surface area contributed by atoms with E-state index in [0.717, 1.165) is 28.4 Å². The molecule has 1 aliphatic heterocycles. The van der Waals surface area contributed by atoms with E-state index < -0.39 is 0 Å². The van der Waals surface area contributed by atoms with Gasteiger partial charge in [0, 0.05) is 48.1 Å². The van der Waals surface area contributed by atoms with Gasteiger partial charge in [-0.05, 0) is 86.1 Å². The van der Waals surface area contributed by atoms with Crippen molar-refractivity contribution in [2.45, 2.75) is 13.8 Å². The summed E-state index contributed by atoms with van der Waals surface area (Å²) in [6.07, 6.45) is 0. The van der Waals surface area contributed by atoms with Crippen molar-refractivity contribution in [1.82, 2.24) is 14.4 Å². The number of halogens is 1. The molecule has 0 saturated carbocycles. The number of hydrogen-bond acceptors (Lipinski definition) is 3. The fraction of sp³-hybridized carbons (Fsp3) is 0.226. The molecule has 6 nitrogen and oxygen atoms in total. The maximum Gasteiger partial charge on any atom is 0.255 e. The Morgan fingerprint density at radius 1 is 0.763 bits per heavy atom. The highest BCUT2D eigenvalue weighted by atomic mass is 35.5. The van der Waals surface area contributed by atoms with Crippen LogP contribution in [0.4, 0.5) is 0 Å². The Balaban J connectivity index is 1.41. The number of benzene rings is 3. The van der Waals surface area contributed by atoms with E-state index in [4.69, 9.17) is 16.3 Å². The largest absolute Gasteiger partial charge is 0.497 e. The van der Waals surface area contributed by atoms with E-state index in [9.17, 15) is 9.59 Å². The van der Waals surface area contributed by atoms with Crippen LogP contribution >= 0.6 is 11.6 Å². The van der Waals surface area contributed by atoms with Crippen molar-refractivity contribution >= 4 is 23.4 Å². The average molecular weight is 528 g/mol. The Labute approximate surface area is 228 Å². The molecular formula is C31H30ClN3O3. The summed E-state index contributed by atoms with van der Waals surface area (Å²) in [6, 6.07) is 25.1. The molecule has 1 saturated heterocycles. The number of hydrogen-bond donors (Lipinski definition) is 0. The molecule has 0 spiro atoms. The first-order chi connectivity index (χ1) is 18.4. The van der Waals surface area contributed by atoms with E-state index in [1.807, 2.05) is 42.2 Å². The maximum absolute atomic E-state index is 13.8. The number of carbonyl (C=O) groups excluding carboxylic acids is 2. The topological polar surface area (TPSA) is 54.8 Å². The van der Waals surface area contributed by atoms with E-state index in [-0.39, 0.29) is 11.8 Å². The molecule has 7 heteroatoms. The van der Waals surface area contributed by atoms with Crippen LogP contribution in [-0.2, 0) is 0 Å². The van der Waals surface area contributed by atoms with Gasteiger partial charge in [0.1, 0.15) is 5.75 Å². The number of methoxy groups -OCH3 is 1. The van der Waals surface area contributed by atoms with E-state index in [1.165, 1.54) is 5.56 Å². The van der Waals surface area contributed by atoms with Crippen molar-refractivity contribution in [2.24, 2.45) is 0 Å². The van der Waals surface area contributed by atoms with Crippen molar-refractivity contribution in [3.63, 3.8) is 0 Å². The van der Waals surface area contributed by atoms with Crippen molar-refractivity contribution in [3.05, 3.63) is 106 Å². The second kappa shape index (κ2) is 10.8. The van der Waals surface area contributed by atoms with Gasteiger partial charge in [-0.1, -0.05) is 29.3 Å². The van der Waals surface area contributed by atoms with Gasteiger partial charge in [0.15, 0.2) is 0 Å². The standard InChI is InChI=1S/C31H30ClN3O3/c1-21-4-12-26(13-5-21)35-22(2)28(20-29(35)23-8-14-27(38-3)15-9-23)31(37)34-18-16-33(17-19-34)30(36)24-6-10-25(32)11-7-24/h4-15,20H,16-19H2,1-3H3. The van der Waals surface area contributed by atoms with Gasteiger partial charge in [0.05, 0.1) is 18.4 Å². The highest BCUT2D eigenvalue weighted by molar-refractivity contribution is 6.30. The molecule has 2 heterocycles. The van der Waals surface area contributed by atoms with Crippen molar-refractivity contribution < 1.29 is 14.3 Å². The summed E-state index contributed by atoms with van der Waals surface area (Å²) in [5, 5.41) is 0.596. The van der Waals surface area contributed by atoms with Crippen LogP contribution in [0, 0.1) is 13.8 Å². The zero-order valence-corrected chi connectivity index (χ0v) is 22.5. The average Bonchev–Trinajstić information content (AvgIpc) is 3.30. The molecular weight excluding hydrogens is 498 g/mol. The number of amides is 2. The van der Waals surface area contributed by atoms with Crippen LogP contribution in [0.1, 0.15) is 32.0 Å². The third kappa shape index (κ3) is 5.04. The summed E-state index contributed by atoms with van der Waals surface area (Å²) in [4.78, 5) is 30.3. The molecule has 1 aliphatic rings. The highest BCUT2D eigenvalue weighted by Gasteiger charge is 2.28. The number of nitrogens with zero attached hydrogens (tertiary/aromatic N) is 3. The Kier molecular flexibility index (Phi) is 7.25. The molecule has 0 atom stereocenters. The van der Waals surface area contributed by atoms with E-state index in [2.05, 4.69) is 35.8 Å². The summed E-state index contributed by atoms with van der Waals surface area (Å²) in [5.74, 6) is 0.709. The van der Waals surface area contributed by atoms with Gasteiger partial charge in [-0.3, -0.25) is 9.59 Å². The first-order valence-electron chi connectivity index (χ1n) is 12.6. The first kappa shape index (κ1) is 25.6. The van der Waals surface area contributed by atoms with Crippen molar-refractivity contribution in [2.75, 3.05) is 33.3 Å². The van der Waals surface area contributed by atoms with Crippen LogP contribution in [0.15, 0.2) is 78.9 Å². The predicted molar refractivity (Wildman–Crippen MR) is 150 cm³/mol. The van der Waals surface area contributed by atoms with Crippen LogP contribution in [0.3, 0.4) is 0 Å².